The van der Waals surface area contributed by atoms with Crippen molar-refractivity contribution in [2.45, 2.75) is 6.92 Å². The largest absolute Gasteiger partial charge is 0.466 e. The van der Waals surface area contributed by atoms with Crippen molar-refractivity contribution in [3.63, 3.8) is 0 Å². The molecule has 0 saturated heterocycles. The zero-order valence-corrected chi connectivity index (χ0v) is 11.1. The number of aryl methyl sites for hydroxylation is 1. The lowest BCUT2D eigenvalue weighted by Gasteiger charge is -2.04. The predicted octanol–water partition coefficient (Wildman–Crippen LogP) is 0.725. The van der Waals surface area contributed by atoms with Crippen LogP contribution in [0.3, 0.4) is 0 Å². The average Bonchev–Trinajstić information content (AvgIpc) is 2.89. The van der Waals surface area contributed by atoms with E-state index >= 15 is 0 Å². The van der Waals surface area contributed by atoms with Crippen LogP contribution in [0, 0.1) is 6.92 Å². The quantitative estimate of drug-likeness (QED) is 0.632. The number of carbonyl (C=O) groups excluding carboxylic acids is 2. The van der Waals surface area contributed by atoms with Gasteiger partial charge in [-0.1, -0.05) is 6.08 Å². The second-order valence-electron chi connectivity index (χ2n) is 3.99. The van der Waals surface area contributed by atoms with E-state index in [0.29, 0.717) is 22.6 Å². The first-order valence-electron chi connectivity index (χ1n) is 5.96. The third kappa shape index (κ3) is 3.00. The molecule has 0 saturated carbocycles. The second-order valence-corrected chi connectivity index (χ2v) is 3.99. The normalized spacial score (nSPS) is 10.9. The Hall–Kier alpha value is -2.70. The number of esters is 1. The second kappa shape index (κ2) is 5.96. The molecule has 0 aromatic carbocycles. The van der Waals surface area contributed by atoms with Crippen LogP contribution in [0.25, 0.3) is 11.0 Å². The monoisotopic (exact) mass is 274 g/mol. The van der Waals surface area contributed by atoms with Crippen LogP contribution in [0.4, 0.5) is 0 Å². The number of aromatic nitrogens is 3. The minimum atomic E-state index is -0.467. The molecule has 0 aliphatic heterocycles. The fourth-order valence-electron chi connectivity index (χ4n) is 1.68. The molecule has 0 radical (unpaired) electrons. The van der Waals surface area contributed by atoms with Gasteiger partial charge in [-0.3, -0.25) is 4.79 Å². The Labute approximate surface area is 115 Å². The summed E-state index contributed by atoms with van der Waals surface area (Å²) in [5.74, 6) is -0.282. The zero-order chi connectivity index (χ0) is 14.5. The molecule has 2 aromatic rings. The minimum Gasteiger partial charge on any atom is -0.466 e. The number of methoxy groups -OCH3 is 1. The highest BCUT2D eigenvalue weighted by molar-refractivity contribution is 6.03. The molecule has 0 aliphatic rings. The van der Waals surface area contributed by atoms with E-state index in [9.17, 15) is 9.59 Å². The molecule has 0 aliphatic carbocycles. The first-order chi connectivity index (χ1) is 9.61. The fraction of sp³-hybridized carbons (Fsp3) is 0.231. The molecular formula is C13H14N4O3. The van der Waals surface area contributed by atoms with Gasteiger partial charge in [0, 0.05) is 18.8 Å². The van der Waals surface area contributed by atoms with E-state index in [1.165, 1.54) is 19.3 Å². The number of hydrogen-bond acceptors (Lipinski definition) is 5. The third-order valence-corrected chi connectivity index (χ3v) is 2.58. The van der Waals surface area contributed by atoms with Crippen molar-refractivity contribution in [2.24, 2.45) is 0 Å². The molecule has 104 valence electrons. The van der Waals surface area contributed by atoms with Crippen molar-refractivity contribution in [3.05, 3.63) is 35.9 Å². The maximum atomic E-state index is 12.1. The van der Waals surface area contributed by atoms with Crippen molar-refractivity contribution < 1.29 is 14.3 Å². The highest BCUT2D eigenvalue weighted by Crippen LogP contribution is 2.13. The van der Waals surface area contributed by atoms with Crippen LogP contribution in [0.5, 0.6) is 0 Å². The number of carbonyl (C=O) groups is 2. The van der Waals surface area contributed by atoms with E-state index in [1.807, 2.05) is 0 Å². The van der Waals surface area contributed by atoms with Crippen LogP contribution in [-0.2, 0) is 9.53 Å². The Balaban J connectivity index is 2.10. The fourth-order valence-corrected chi connectivity index (χ4v) is 1.68. The van der Waals surface area contributed by atoms with Crippen molar-refractivity contribution in [2.75, 3.05) is 13.7 Å². The van der Waals surface area contributed by atoms with Crippen molar-refractivity contribution in [1.29, 1.82) is 0 Å². The van der Waals surface area contributed by atoms with Crippen LogP contribution in [0.2, 0.25) is 0 Å². The summed E-state index contributed by atoms with van der Waals surface area (Å²) in [6.45, 7) is 1.93. The molecule has 7 heteroatoms. The van der Waals surface area contributed by atoms with Gasteiger partial charge in [-0.25, -0.2) is 14.8 Å². The van der Waals surface area contributed by atoms with Gasteiger partial charge in [0.1, 0.15) is 17.2 Å². The first-order valence-corrected chi connectivity index (χ1v) is 5.96. The van der Waals surface area contributed by atoms with E-state index in [0.717, 1.165) is 0 Å². The lowest BCUT2D eigenvalue weighted by molar-refractivity contribution is -0.134. The summed E-state index contributed by atoms with van der Waals surface area (Å²) >= 11 is 0. The summed E-state index contributed by atoms with van der Waals surface area (Å²) in [5.41, 5.74) is 0.924. The smallest absolute Gasteiger partial charge is 0.330 e. The van der Waals surface area contributed by atoms with E-state index in [1.54, 1.807) is 19.2 Å². The Morgan fingerprint density at radius 1 is 1.45 bits per heavy atom. The lowest BCUT2D eigenvalue weighted by atomic mass is 10.2. The maximum absolute atomic E-state index is 12.1. The molecule has 20 heavy (non-hydrogen) atoms. The molecule has 2 aromatic heterocycles. The van der Waals surface area contributed by atoms with Crippen LogP contribution in [-0.4, -0.2) is 40.5 Å². The van der Waals surface area contributed by atoms with Gasteiger partial charge >= 0.3 is 5.97 Å². The van der Waals surface area contributed by atoms with Crippen molar-refractivity contribution in [1.82, 2.24) is 20.3 Å². The average molecular weight is 274 g/mol. The molecule has 0 atom stereocenters. The Morgan fingerprint density at radius 3 is 3.00 bits per heavy atom. The molecule has 0 unspecified atom stereocenters. The number of amides is 1. The molecule has 0 fully saturated rings. The van der Waals surface area contributed by atoms with Gasteiger partial charge in [-0.05, 0) is 13.0 Å². The summed E-state index contributed by atoms with van der Waals surface area (Å²) in [6, 6.07) is 1.74. The van der Waals surface area contributed by atoms with Crippen molar-refractivity contribution >= 4 is 22.9 Å². The van der Waals surface area contributed by atoms with Crippen molar-refractivity contribution in [3.8, 4) is 0 Å². The Bertz CT molecular complexity index is 675. The highest BCUT2D eigenvalue weighted by Gasteiger charge is 2.13. The number of fused-ring (bicyclic) bond motifs is 1. The van der Waals surface area contributed by atoms with Gasteiger partial charge < -0.3 is 15.0 Å². The van der Waals surface area contributed by atoms with Crippen LogP contribution < -0.4 is 5.32 Å². The van der Waals surface area contributed by atoms with Gasteiger partial charge in [-0.2, -0.15) is 0 Å². The van der Waals surface area contributed by atoms with E-state index < -0.39 is 5.97 Å². The zero-order valence-electron chi connectivity index (χ0n) is 11.1. The summed E-state index contributed by atoms with van der Waals surface area (Å²) in [5, 5.41) is 3.31. The molecular weight excluding hydrogens is 260 g/mol. The molecule has 7 nitrogen and oxygen atoms in total. The highest BCUT2D eigenvalue weighted by atomic mass is 16.5. The van der Waals surface area contributed by atoms with Gasteiger partial charge in [-0.15, -0.1) is 0 Å². The van der Waals surface area contributed by atoms with E-state index in [-0.39, 0.29) is 12.5 Å². The van der Waals surface area contributed by atoms with E-state index in [4.69, 9.17) is 0 Å². The predicted molar refractivity (Wildman–Crippen MR) is 72.1 cm³/mol. The molecule has 2 heterocycles. The van der Waals surface area contributed by atoms with Gasteiger partial charge in [0.2, 0.25) is 0 Å². The number of nitrogens with zero attached hydrogens (tertiary/aromatic N) is 2. The molecule has 0 spiro atoms. The minimum absolute atomic E-state index is 0.211. The summed E-state index contributed by atoms with van der Waals surface area (Å²) in [7, 11) is 1.29. The maximum Gasteiger partial charge on any atom is 0.330 e. The lowest BCUT2D eigenvalue weighted by Crippen LogP contribution is -2.25. The van der Waals surface area contributed by atoms with Gasteiger partial charge in [0.25, 0.3) is 5.91 Å². The molecule has 2 N–H and O–H groups in total. The van der Waals surface area contributed by atoms with E-state index in [2.05, 4.69) is 25.0 Å². The molecule has 1 amide bonds. The number of hydrogen-bond donors (Lipinski definition) is 2. The molecule has 0 bridgehead atoms. The standard InChI is InChI=1S/C13H14N4O3/c1-8-16-11(9-5-7-14-12(9)17-8)13(19)15-6-3-4-10(18)20-2/h3-5,7H,6H2,1-2H3,(H,15,19)(H,14,16,17)/b4-3+. The number of aromatic amines is 1. The third-order valence-electron chi connectivity index (χ3n) is 2.58. The summed E-state index contributed by atoms with van der Waals surface area (Å²) in [6.07, 6.45) is 4.45. The van der Waals surface area contributed by atoms with Crippen LogP contribution in [0.15, 0.2) is 24.4 Å². The SMILES string of the molecule is COC(=O)/C=C/CNC(=O)c1nc(C)nc2[nH]ccc12. The van der Waals surface area contributed by atoms with Gasteiger partial charge in [0.15, 0.2) is 0 Å². The molecule has 2 rings (SSSR count). The number of nitrogens with one attached hydrogen (secondary N) is 2. The summed E-state index contributed by atoms with van der Waals surface area (Å²) < 4.78 is 4.44. The number of rotatable bonds is 4. The number of ether oxygens (including phenoxy) is 1. The topological polar surface area (TPSA) is 97.0 Å². The Kier molecular flexibility index (Phi) is 4.09. The van der Waals surface area contributed by atoms with Crippen LogP contribution in [0.1, 0.15) is 16.3 Å². The van der Waals surface area contributed by atoms with Crippen LogP contribution >= 0.6 is 0 Å². The summed E-state index contributed by atoms with van der Waals surface area (Å²) in [4.78, 5) is 34.2. The van der Waals surface area contributed by atoms with Gasteiger partial charge in [0.05, 0.1) is 12.5 Å². The first kappa shape index (κ1) is 13.7. The Morgan fingerprint density at radius 2 is 2.25 bits per heavy atom. The number of H-pyrrole nitrogens is 1.